The maximum atomic E-state index is 13.4. The summed E-state index contributed by atoms with van der Waals surface area (Å²) in [5, 5.41) is 3.30. The molecule has 1 amide bonds. The van der Waals surface area contributed by atoms with Crippen LogP contribution in [0.5, 0.6) is 23.0 Å². The lowest BCUT2D eigenvalue weighted by Gasteiger charge is -2.38. The van der Waals surface area contributed by atoms with Gasteiger partial charge in [0.2, 0.25) is 5.91 Å². The van der Waals surface area contributed by atoms with Gasteiger partial charge >= 0.3 is 0 Å². The Kier molecular flexibility index (Phi) is 7.74. The fourth-order valence-corrected chi connectivity index (χ4v) is 5.91. The number of nitrogens with zero attached hydrogens (tertiary/aromatic N) is 1. The summed E-state index contributed by atoms with van der Waals surface area (Å²) in [6.07, 6.45) is 3.44. The number of nitrogens with one attached hydrogen (secondary N) is 1. The van der Waals surface area contributed by atoms with Crippen molar-refractivity contribution in [2.75, 3.05) is 41.5 Å². The second kappa shape index (κ2) is 11.4. The summed E-state index contributed by atoms with van der Waals surface area (Å²) in [6, 6.07) is 18.4. The minimum Gasteiger partial charge on any atom is -0.497 e. The topological polar surface area (TPSA) is 69.3 Å². The minimum absolute atomic E-state index is 0.0416. The predicted octanol–water partition coefficient (Wildman–Crippen LogP) is 4.67. The highest BCUT2D eigenvalue weighted by molar-refractivity contribution is 5.79. The van der Waals surface area contributed by atoms with Crippen LogP contribution < -0.4 is 24.3 Å². The Hall–Kier alpha value is -3.71. The standard InChI is InChI=1S/C31H36N2O5/c1-35-23-17-22-13-14-33(19-30(34)32-25-11-10-21-7-5-6-8-24(21)25)26(31(22)29(18-23)38-4)15-20-9-12-27(36-2)28(16-20)37-3/h5-9,12,16-18,25-26H,10-11,13-15,19H2,1-4H3,(H,32,34)/t25-,26?/m1/s1. The van der Waals surface area contributed by atoms with Gasteiger partial charge in [0.05, 0.1) is 41.0 Å². The molecule has 1 unspecified atom stereocenters. The Labute approximate surface area is 224 Å². The number of hydrogen-bond acceptors (Lipinski definition) is 6. The van der Waals surface area contributed by atoms with Crippen molar-refractivity contribution in [1.29, 1.82) is 0 Å². The third kappa shape index (κ3) is 5.16. The number of fused-ring (bicyclic) bond motifs is 2. The maximum Gasteiger partial charge on any atom is 0.234 e. The number of rotatable bonds is 9. The van der Waals surface area contributed by atoms with E-state index in [-0.39, 0.29) is 18.0 Å². The first-order valence-corrected chi connectivity index (χ1v) is 13.1. The summed E-state index contributed by atoms with van der Waals surface area (Å²) in [6.45, 7) is 1.07. The van der Waals surface area contributed by atoms with Crippen molar-refractivity contribution in [2.24, 2.45) is 0 Å². The van der Waals surface area contributed by atoms with Gasteiger partial charge in [0.15, 0.2) is 11.5 Å². The van der Waals surface area contributed by atoms with E-state index < -0.39 is 0 Å². The van der Waals surface area contributed by atoms with E-state index in [9.17, 15) is 4.79 Å². The molecule has 200 valence electrons. The third-order valence-electron chi connectivity index (χ3n) is 7.79. The number of amides is 1. The van der Waals surface area contributed by atoms with Crippen LogP contribution in [-0.4, -0.2) is 52.3 Å². The summed E-state index contributed by atoms with van der Waals surface area (Å²) in [7, 11) is 6.63. The Bertz CT molecular complexity index is 1290. The third-order valence-corrected chi connectivity index (χ3v) is 7.79. The summed E-state index contributed by atoms with van der Waals surface area (Å²) < 4.78 is 22.4. The predicted molar refractivity (Wildman–Crippen MR) is 146 cm³/mol. The molecule has 2 atom stereocenters. The number of aryl methyl sites for hydroxylation is 1. The molecule has 38 heavy (non-hydrogen) atoms. The fraction of sp³-hybridized carbons (Fsp3) is 0.387. The highest BCUT2D eigenvalue weighted by Gasteiger charge is 2.33. The molecule has 3 aromatic rings. The van der Waals surface area contributed by atoms with E-state index in [1.165, 1.54) is 16.7 Å². The molecule has 3 aromatic carbocycles. The molecule has 0 saturated heterocycles. The molecule has 1 heterocycles. The van der Waals surface area contributed by atoms with Crippen LogP contribution in [0, 0.1) is 0 Å². The first kappa shape index (κ1) is 25.9. The minimum atomic E-state index is -0.0562. The molecule has 0 bridgehead atoms. The second-order valence-corrected chi connectivity index (χ2v) is 9.89. The first-order valence-electron chi connectivity index (χ1n) is 13.1. The van der Waals surface area contributed by atoms with Crippen LogP contribution in [0.25, 0.3) is 0 Å². The molecular weight excluding hydrogens is 480 g/mol. The number of carbonyl (C=O) groups excluding carboxylic acids is 1. The van der Waals surface area contributed by atoms with Crippen LogP contribution in [-0.2, 0) is 24.1 Å². The van der Waals surface area contributed by atoms with Crippen LogP contribution in [0.15, 0.2) is 54.6 Å². The molecule has 1 N–H and O–H groups in total. The van der Waals surface area contributed by atoms with E-state index in [2.05, 4.69) is 40.5 Å². The van der Waals surface area contributed by atoms with Gasteiger partial charge in [-0.3, -0.25) is 9.69 Å². The number of hydrogen-bond donors (Lipinski definition) is 1. The first-order chi connectivity index (χ1) is 18.5. The largest absolute Gasteiger partial charge is 0.497 e. The molecule has 0 aromatic heterocycles. The van der Waals surface area contributed by atoms with E-state index in [4.69, 9.17) is 18.9 Å². The van der Waals surface area contributed by atoms with E-state index in [0.29, 0.717) is 24.5 Å². The Balaban J connectivity index is 1.43. The van der Waals surface area contributed by atoms with Crippen LogP contribution in [0.3, 0.4) is 0 Å². The normalized spacial score (nSPS) is 18.3. The lowest BCUT2D eigenvalue weighted by molar-refractivity contribution is -0.123. The van der Waals surface area contributed by atoms with Crippen molar-refractivity contribution < 1.29 is 23.7 Å². The molecule has 0 fully saturated rings. The molecule has 0 radical (unpaired) electrons. The molecule has 5 rings (SSSR count). The van der Waals surface area contributed by atoms with E-state index in [1.54, 1.807) is 28.4 Å². The quantitative estimate of drug-likeness (QED) is 0.446. The van der Waals surface area contributed by atoms with Crippen LogP contribution in [0.1, 0.15) is 46.3 Å². The lowest BCUT2D eigenvalue weighted by Crippen LogP contribution is -2.44. The van der Waals surface area contributed by atoms with Crippen LogP contribution in [0.2, 0.25) is 0 Å². The zero-order valence-electron chi connectivity index (χ0n) is 22.6. The van der Waals surface area contributed by atoms with Gasteiger partial charge < -0.3 is 24.3 Å². The maximum absolute atomic E-state index is 13.4. The average molecular weight is 517 g/mol. The van der Waals surface area contributed by atoms with Crippen molar-refractivity contribution in [3.63, 3.8) is 0 Å². The molecule has 0 saturated carbocycles. The highest BCUT2D eigenvalue weighted by atomic mass is 16.5. The number of benzene rings is 3. The smallest absolute Gasteiger partial charge is 0.234 e. The summed E-state index contributed by atoms with van der Waals surface area (Å²) in [5.74, 6) is 2.97. The molecule has 1 aliphatic heterocycles. The summed E-state index contributed by atoms with van der Waals surface area (Å²) in [4.78, 5) is 15.7. The number of methoxy groups -OCH3 is 4. The SMILES string of the molecule is COc1cc2c(c(OC)c1)C(Cc1ccc(OC)c(OC)c1)N(CC(=O)N[C@@H]1CCc3ccccc31)CC2. The molecule has 7 nitrogen and oxygen atoms in total. The molecular formula is C31H36N2O5. The molecule has 1 aliphatic carbocycles. The Morgan fingerprint density at radius 2 is 1.66 bits per heavy atom. The van der Waals surface area contributed by atoms with Gasteiger partial charge in [0, 0.05) is 24.2 Å². The van der Waals surface area contributed by atoms with Gasteiger partial charge in [-0.1, -0.05) is 30.3 Å². The summed E-state index contributed by atoms with van der Waals surface area (Å²) in [5.41, 5.74) is 5.95. The Morgan fingerprint density at radius 3 is 2.42 bits per heavy atom. The van der Waals surface area contributed by atoms with E-state index >= 15 is 0 Å². The van der Waals surface area contributed by atoms with Crippen LogP contribution >= 0.6 is 0 Å². The van der Waals surface area contributed by atoms with Crippen molar-refractivity contribution >= 4 is 5.91 Å². The van der Waals surface area contributed by atoms with Crippen molar-refractivity contribution in [2.45, 2.75) is 37.8 Å². The highest BCUT2D eigenvalue weighted by Crippen LogP contribution is 2.42. The average Bonchev–Trinajstić information content (AvgIpc) is 3.35. The van der Waals surface area contributed by atoms with Gasteiger partial charge in [0.1, 0.15) is 11.5 Å². The van der Waals surface area contributed by atoms with Gasteiger partial charge in [-0.05, 0) is 66.1 Å². The summed E-state index contributed by atoms with van der Waals surface area (Å²) >= 11 is 0. The van der Waals surface area contributed by atoms with Gasteiger partial charge in [0.25, 0.3) is 0 Å². The van der Waals surface area contributed by atoms with Crippen molar-refractivity contribution in [3.05, 3.63) is 82.4 Å². The van der Waals surface area contributed by atoms with Gasteiger partial charge in [-0.15, -0.1) is 0 Å². The zero-order chi connectivity index (χ0) is 26.6. The van der Waals surface area contributed by atoms with Crippen LogP contribution in [0.4, 0.5) is 0 Å². The van der Waals surface area contributed by atoms with E-state index in [0.717, 1.165) is 48.4 Å². The molecule has 7 heteroatoms. The Morgan fingerprint density at radius 1 is 0.868 bits per heavy atom. The molecule has 2 aliphatic rings. The number of carbonyl (C=O) groups is 1. The molecule has 0 spiro atoms. The monoisotopic (exact) mass is 516 g/mol. The number of ether oxygens (including phenoxy) is 4. The second-order valence-electron chi connectivity index (χ2n) is 9.89. The lowest BCUT2D eigenvalue weighted by atomic mass is 9.87. The van der Waals surface area contributed by atoms with Crippen molar-refractivity contribution in [1.82, 2.24) is 10.2 Å². The van der Waals surface area contributed by atoms with Gasteiger partial charge in [-0.25, -0.2) is 0 Å². The van der Waals surface area contributed by atoms with Gasteiger partial charge in [-0.2, -0.15) is 0 Å². The van der Waals surface area contributed by atoms with Crippen molar-refractivity contribution in [3.8, 4) is 23.0 Å². The zero-order valence-corrected chi connectivity index (χ0v) is 22.6. The fourth-order valence-electron chi connectivity index (χ4n) is 5.91. The van der Waals surface area contributed by atoms with E-state index in [1.807, 2.05) is 24.3 Å².